The SMILES string of the molecule is CCc1ccccc1NC(=O)CN1CCN(C(=O)C(N)CCSC)CC1.Cl. The van der Waals surface area contributed by atoms with Gasteiger partial charge in [0.2, 0.25) is 11.8 Å². The lowest BCUT2D eigenvalue weighted by Gasteiger charge is -2.35. The van der Waals surface area contributed by atoms with Gasteiger partial charge >= 0.3 is 0 Å². The third-order valence-corrected chi connectivity index (χ3v) is 5.32. The number of thioether (sulfide) groups is 1. The number of anilines is 1. The molecule has 0 saturated carbocycles. The number of amides is 2. The Labute approximate surface area is 172 Å². The maximum absolute atomic E-state index is 12.3. The fraction of sp³-hybridized carbons (Fsp3) is 0.579. The number of nitrogens with two attached hydrogens (primary N) is 1. The molecule has 1 fully saturated rings. The van der Waals surface area contributed by atoms with Crippen LogP contribution in [0.1, 0.15) is 18.9 Å². The van der Waals surface area contributed by atoms with E-state index in [2.05, 4.69) is 17.1 Å². The molecule has 6 nitrogen and oxygen atoms in total. The Morgan fingerprint density at radius 3 is 2.52 bits per heavy atom. The second-order valence-electron chi connectivity index (χ2n) is 6.55. The Hall–Kier alpha value is -1.28. The van der Waals surface area contributed by atoms with Gasteiger partial charge in [-0.05, 0) is 36.5 Å². The first-order valence-corrected chi connectivity index (χ1v) is 10.6. The molecule has 0 radical (unpaired) electrons. The highest BCUT2D eigenvalue weighted by Gasteiger charge is 2.25. The van der Waals surface area contributed by atoms with Gasteiger partial charge < -0.3 is 16.0 Å². The molecule has 0 aliphatic carbocycles. The predicted molar refractivity (Wildman–Crippen MR) is 116 cm³/mol. The number of benzene rings is 1. The van der Waals surface area contributed by atoms with Crippen molar-refractivity contribution in [3.63, 3.8) is 0 Å². The van der Waals surface area contributed by atoms with Gasteiger partial charge in [0.15, 0.2) is 0 Å². The molecular formula is C19H31ClN4O2S. The van der Waals surface area contributed by atoms with Crippen molar-refractivity contribution in [1.82, 2.24) is 9.80 Å². The minimum atomic E-state index is -0.414. The molecule has 0 bridgehead atoms. The van der Waals surface area contributed by atoms with E-state index < -0.39 is 6.04 Å². The number of halogens is 1. The second-order valence-corrected chi connectivity index (χ2v) is 7.53. The molecule has 1 unspecified atom stereocenters. The van der Waals surface area contributed by atoms with Crippen LogP contribution in [-0.4, -0.2) is 72.4 Å². The van der Waals surface area contributed by atoms with Crippen LogP contribution in [0.15, 0.2) is 24.3 Å². The molecule has 1 atom stereocenters. The summed E-state index contributed by atoms with van der Waals surface area (Å²) in [6.07, 6.45) is 3.60. The Bertz CT molecular complexity index is 609. The number of aryl methyl sites for hydroxylation is 1. The molecule has 1 aromatic rings. The van der Waals surface area contributed by atoms with E-state index in [1.54, 1.807) is 11.8 Å². The second kappa shape index (κ2) is 12.2. The van der Waals surface area contributed by atoms with Crippen molar-refractivity contribution in [3.8, 4) is 0 Å². The number of piperazine rings is 1. The summed E-state index contributed by atoms with van der Waals surface area (Å²) in [7, 11) is 0. The monoisotopic (exact) mass is 414 g/mol. The minimum Gasteiger partial charge on any atom is -0.339 e. The molecule has 1 aliphatic rings. The summed E-state index contributed by atoms with van der Waals surface area (Å²) in [5.41, 5.74) is 8.00. The zero-order valence-corrected chi connectivity index (χ0v) is 17.8. The van der Waals surface area contributed by atoms with Gasteiger partial charge in [0.05, 0.1) is 12.6 Å². The highest BCUT2D eigenvalue weighted by atomic mass is 35.5. The number of carbonyl (C=O) groups excluding carboxylic acids is 2. The van der Waals surface area contributed by atoms with Crippen molar-refractivity contribution in [2.45, 2.75) is 25.8 Å². The quantitative estimate of drug-likeness (QED) is 0.678. The van der Waals surface area contributed by atoms with Crippen LogP contribution in [0.5, 0.6) is 0 Å². The van der Waals surface area contributed by atoms with Crippen molar-refractivity contribution in [1.29, 1.82) is 0 Å². The van der Waals surface area contributed by atoms with E-state index in [-0.39, 0.29) is 24.2 Å². The van der Waals surface area contributed by atoms with Gasteiger partial charge in [-0.15, -0.1) is 12.4 Å². The van der Waals surface area contributed by atoms with Crippen molar-refractivity contribution in [3.05, 3.63) is 29.8 Å². The average molecular weight is 415 g/mol. The zero-order valence-electron chi connectivity index (χ0n) is 16.1. The van der Waals surface area contributed by atoms with Crippen LogP contribution in [0.2, 0.25) is 0 Å². The number of hydrogen-bond acceptors (Lipinski definition) is 5. The van der Waals surface area contributed by atoms with E-state index in [9.17, 15) is 9.59 Å². The predicted octanol–water partition coefficient (Wildman–Crippen LogP) is 1.83. The van der Waals surface area contributed by atoms with E-state index in [0.717, 1.165) is 23.4 Å². The number of carbonyl (C=O) groups is 2. The standard InChI is InChI=1S/C19H30N4O2S.ClH/c1-3-15-6-4-5-7-17(15)21-18(24)14-22-9-11-23(12-10-22)19(25)16(20)8-13-26-2;/h4-7,16H,3,8-14,20H2,1-2H3,(H,21,24);1H. The van der Waals surface area contributed by atoms with Gasteiger partial charge in [-0.3, -0.25) is 14.5 Å². The number of nitrogens with zero attached hydrogens (tertiary/aromatic N) is 2. The molecule has 1 heterocycles. The summed E-state index contributed by atoms with van der Waals surface area (Å²) in [5.74, 6) is 0.911. The third-order valence-electron chi connectivity index (χ3n) is 4.67. The molecule has 3 N–H and O–H groups in total. The molecule has 2 rings (SSSR count). The maximum Gasteiger partial charge on any atom is 0.239 e. The summed E-state index contributed by atoms with van der Waals surface area (Å²) in [5, 5.41) is 3.00. The molecule has 0 aromatic heterocycles. The van der Waals surface area contributed by atoms with Gasteiger partial charge in [0.25, 0.3) is 0 Å². The summed E-state index contributed by atoms with van der Waals surface area (Å²) in [6, 6.07) is 7.46. The average Bonchev–Trinajstić information content (AvgIpc) is 2.66. The van der Waals surface area contributed by atoms with Crippen LogP contribution in [0.25, 0.3) is 0 Å². The molecule has 1 saturated heterocycles. The first-order chi connectivity index (χ1) is 12.5. The van der Waals surface area contributed by atoms with Gasteiger partial charge in [-0.25, -0.2) is 0 Å². The fourth-order valence-corrected chi connectivity index (χ4v) is 3.56. The number of nitrogens with one attached hydrogen (secondary N) is 1. The van der Waals surface area contributed by atoms with Crippen LogP contribution < -0.4 is 11.1 Å². The van der Waals surface area contributed by atoms with Crippen LogP contribution in [0.3, 0.4) is 0 Å². The molecule has 2 amide bonds. The molecule has 8 heteroatoms. The van der Waals surface area contributed by atoms with Crippen LogP contribution >= 0.6 is 24.2 Å². The largest absolute Gasteiger partial charge is 0.339 e. The van der Waals surface area contributed by atoms with Gasteiger partial charge in [0.1, 0.15) is 0 Å². The Morgan fingerprint density at radius 1 is 1.22 bits per heavy atom. The molecular weight excluding hydrogens is 384 g/mol. The van der Waals surface area contributed by atoms with E-state index in [1.165, 1.54) is 0 Å². The number of rotatable bonds is 8. The lowest BCUT2D eigenvalue weighted by atomic mass is 10.1. The van der Waals surface area contributed by atoms with Gasteiger partial charge in [0, 0.05) is 31.9 Å². The normalized spacial score (nSPS) is 15.7. The van der Waals surface area contributed by atoms with Crippen molar-refractivity contribution < 1.29 is 9.59 Å². The molecule has 0 spiro atoms. The highest BCUT2D eigenvalue weighted by Crippen LogP contribution is 2.15. The number of hydrogen-bond donors (Lipinski definition) is 2. The fourth-order valence-electron chi connectivity index (χ4n) is 3.07. The Morgan fingerprint density at radius 2 is 1.89 bits per heavy atom. The van der Waals surface area contributed by atoms with Crippen molar-refractivity contribution >= 4 is 41.7 Å². The first kappa shape index (κ1) is 23.8. The molecule has 1 aliphatic heterocycles. The zero-order chi connectivity index (χ0) is 18.9. The summed E-state index contributed by atoms with van der Waals surface area (Å²) in [4.78, 5) is 28.6. The van der Waals surface area contributed by atoms with Crippen LogP contribution in [-0.2, 0) is 16.0 Å². The van der Waals surface area contributed by atoms with E-state index in [1.807, 2.05) is 35.4 Å². The molecule has 1 aromatic carbocycles. The lowest BCUT2D eigenvalue weighted by molar-refractivity contribution is -0.134. The molecule has 27 heavy (non-hydrogen) atoms. The lowest BCUT2D eigenvalue weighted by Crippen LogP contribution is -2.54. The van der Waals surface area contributed by atoms with Crippen molar-refractivity contribution in [2.75, 3.05) is 50.0 Å². The Balaban J connectivity index is 0.00000364. The smallest absolute Gasteiger partial charge is 0.239 e. The van der Waals surface area contributed by atoms with E-state index in [0.29, 0.717) is 39.1 Å². The highest BCUT2D eigenvalue weighted by molar-refractivity contribution is 7.98. The van der Waals surface area contributed by atoms with E-state index >= 15 is 0 Å². The van der Waals surface area contributed by atoms with Gasteiger partial charge in [-0.2, -0.15) is 11.8 Å². The van der Waals surface area contributed by atoms with Crippen LogP contribution in [0.4, 0.5) is 5.69 Å². The number of para-hydroxylation sites is 1. The van der Waals surface area contributed by atoms with Crippen LogP contribution in [0, 0.1) is 0 Å². The Kier molecular flexibility index (Phi) is 10.8. The van der Waals surface area contributed by atoms with Crippen molar-refractivity contribution in [2.24, 2.45) is 5.73 Å². The summed E-state index contributed by atoms with van der Waals surface area (Å²) < 4.78 is 0. The third kappa shape index (κ3) is 7.33. The van der Waals surface area contributed by atoms with E-state index in [4.69, 9.17) is 5.73 Å². The summed E-state index contributed by atoms with van der Waals surface area (Å²) >= 11 is 1.70. The first-order valence-electron chi connectivity index (χ1n) is 9.18. The minimum absolute atomic E-state index is 0. The summed E-state index contributed by atoms with van der Waals surface area (Å²) in [6.45, 7) is 5.08. The van der Waals surface area contributed by atoms with Gasteiger partial charge in [-0.1, -0.05) is 25.1 Å². The topological polar surface area (TPSA) is 78.7 Å². The molecule has 152 valence electrons. The maximum atomic E-state index is 12.3.